The van der Waals surface area contributed by atoms with Gasteiger partial charge >= 0.3 is 593 Å². The third kappa shape index (κ3) is 14.2. The van der Waals surface area contributed by atoms with Crippen molar-refractivity contribution in [3.63, 3.8) is 0 Å². The molecule has 90 heavy (non-hydrogen) atoms. The van der Waals surface area contributed by atoms with Crippen LogP contribution in [0.1, 0.15) is 74.8 Å². The van der Waals surface area contributed by atoms with Crippen molar-refractivity contribution in [2.75, 3.05) is 0 Å². The zero-order valence-electron chi connectivity index (χ0n) is 68.8. The Balaban J connectivity index is 2.51. The van der Waals surface area contributed by atoms with Crippen LogP contribution in [0.3, 0.4) is 0 Å². The Bertz CT molecular complexity index is 2880. The molecular weight excluding hydrogens is 1520 g/mol. The fourth-order valence-electron chi connectivity index (χ4n) is 26.4. The normalized spacial score (nSPS) is 22.0. The van der Waals surface area contributed by atoms with E-state index in [1.165, 1.54) is 0 Å². The molecule has 0 fully saturated rings. The molecule has 0 aromatic heterocycles. The van der Waals surface area contributed by atoms with E-state index >= 15 is 0 Å². The van der Waals surface area contributed by atoms with Gasteiger partial charge in [0.15, 0.2) is 0 Å². The summed E-state index contributed by atoms with van der Waals surface area (Å²) in [5.74, 6) is 0. The summed E-state index contributed by atoms with van der Waals surface area (Å²) in [5, 5.41) is 2.61. The number of hydrogen-bond donors (Lipinski definition) is 0. The van der Waals surface area contributed by atoms with Crippen LogP contribution >= 0.6 is 0 Å². The van der Waals surface area contributed by atoms with Crippen molar-refractivity contribution in [2.45, 2.75) is 331 Å². The van der Waals surface area contributed by atoms with Crippen LogP contribution in [0, 0.1) is 5.41 Å². The molecule has 2 aromatic carbocycles. The second-order valence-electron chi connectivity index (χ2n) is 46.5. The van der Waals surface area contributed by atoms with E-state index in [4.69, 9.17) is 0 Å². The molecular formula is C74H152Si14Sn2. The van der Waals surface area contributed by atoms with E-state index < -0.39 is 150 Å². The Hall–Kier alpha value is 2.03. The minimum absolute atomic E-state index is 0.0409. The molecule has 0 saturated carbocycles. The van der Waals surface area contributed by atoms with Crippen molar-refractivity contribution < 1.29 is 0 Å². The number of benzene rings is 2. The molecule has 0 nitrogen and oxygen atoms in total. The van der Waals surface area contributed by atoms with E-state index in [0.717, 1.165) is 0 Å². The second kappa shape index (κ2) is 24.9. The van der Waals surface area contributed by atoms with Crippen molar-refractivity contribution in [3.8, 4) is 0 Å². The van der Waals surface area contributed by atoms with Gasteiger partial charge in [0.1, 0.15) is 0 Å². The average Bonchev–Trinajstić information content (AvgIpc) is 0.663. The van der Waals surface area contributed by atoms with Crippen molar-refractivity contribution in [1.82, 2.24) is 0 Å². The van der Waals surface area contributed by atoms with Gasteiger partial charge in [0, 0.05) is 0 Å². The molecule has 0 N–H and O–H groups in total. The molecule has 0 radical (unpaired) electrons. The van der Waals surface area contributed by atoms with Crippen LogP contribution in [0.15, 0.2) is 66.4 Å². The first-order valence-corrected chi connectivity index (χ1v) is 98.5. The number of hydrogen-bond acceptors (Lipinski definition) is 0. The van der Waals surface area contributed by atoms with Crippen LogP contribution in [0.2, 0.25) is 281 Å². The van der Waals surface area contributed by atoms with Gasteiger partial charge in [0.2, 0.25) is 0 Å². The predicted molar refractivity (Wildman–Crippen MR) is 467 cm³/mol. The fraction of sp³-hybridized carbons (Fsp3) is 0.730. The molecule has 0 saturated heterocycles. The quantitative estimate of drug-likeness (QED) is 0.103. The topological polar surface area (TPSA) is 0 Å². The SMILES string of the molecule is CC(C)(C)[C]1=C[CH]2C=[CH][Sn]1([c]1c(C([Si](C)(C)C)[Si](C)(C)C)cc(C([Si](C)(C)C)([Si](C)(C)C)[Si](C)(C)C)cc1C([Si](C)(C)C)[Si](C)(C)C)[CH]1C=CC=[CH][Sn]21[c]1c(C([Si](C)(C)C)[Si](C)(C)C)cc(C([Si](C)(C)C)([Si](C)(C)C)[Si](C)(C)C)cc1C([Si](C)(C)C)[Si](C)(C)C. The average molecular weight is 1670 g/mol. The van der Waals surface area contributed by atoms with Crippen LogP contribution in [0.4, 0.5) is 0 Å². The molecule has 0 aliphatic carbocycles. The van der Waals surface area contributed by atoms with Gasteiger partial charge in [-0.15, -0.1) is 0 Å². The van der Waals surface area contributed by atoms with Gasteiger partial charge in [-0.2, -0.15) is 0 Å². The van der Waals surface area contributed by atoms with Gasteiger partial charge in [-0.3, -0.25) is 0 Å². The monoisotopic (exact) mass is 1670 g/mol. The summed E-state index contributed by atoms with van der Waals surface area (Å²) < 4.78 is 14.4. The Morgan fingerprint density at radius 1 is 0.311 bits per heavy atom. The molecule has 4 aliphatic heterocycles. The van der Waals surface area contributed by atoms with Gasteiger partial charge in [0.25, 0.3) is 0 Å². The Morgan fingerprint density at radius 2 is 0.556 bits per heavy atom. The molecule has 4 aliphatic rings. The van der Waals surface area contributed by atoms with Gasteiger partial charge in [-0.05, 0) is 0 Å². The molecule has 4 heterocycles. The maximum absolute atomic E-state index is 4.40. The molecule has 512 valence electrons. The van der Waals surface area contributed by atoms with Crippen LogP contribution in [0.5, 0.6) is 0 Å². The van der Waals surface area contributed by atoms with Crippen molar-refractivity contribution in [1.29, 1.82) is 0 Å². The van der Waals surface area contributed by atoms with Crippen LogP contribution in [0.25, 0.3) is 0 Å². The van der Waals surface area contributed by atoms with Gasteiger partial charge < -0.3 is 0 Å². The third-order valence-corrected chi connectivity index (χ3v) is 149. The van der Waals surface area contributed by atoms with Gasteiger partial charge in [0.05, 0.1) is 0 Å². The van der Waals surface area contributed by atoms with Crippen molar-refractivity contribution in [2.24, 2.45) is 5.41 Å². The van der Waals surface area contributed by atoms with E-state index in [1.54, 1.807) is 0 Å². The number of allylic oxidation sites excluding steroid dienone is 6. The van der Waals surface area contributed by atoms with Gasteiger partial charge in [-0.1, -0.05) is 0 Å². The van der Waals surface area contributed by atoms with E-state index in [-0.39, 0.29) is 14.0 Å². The predicted octanol–water partition coefficient (Wildman–Crippen LogP) is 24.4. The summed E-state index contributed by atoms with van der Waals surface area (Å²) in [6.07, 6.45) is 15.0. The molecule has 0 amide bonds. The zero-order chi connectivity index (χ0) is 70.9. The number of rotatable bonds is 22. The molecule has 6 rings (SSSR count). The van der Waals surface area contributed by atoms with E-state index in [1.807, 2.05) is 37.0 Å². The summed E-state index contributed by atoms with van der Waals surface area (Å²) in [7, 11) is -26.9. The maximum atomic E-state index is 3.29. The molecule has 0 spiro atoms. The first kappa shape index (κ1) is 82.7. The second-order valence-corrected chi connectivity index (χ2v) is 152. The van der Waals surface area contributed by atoms with Crippen LogP contribution in [-0.2, 0) is 8.57 Å². The summed E-state index contributed by atoms with van der Waals surface area (Å²) in [4.78, 5) is 0. The van der Waals surface area contributed by atoms with Crippen LogP contribution in [-0.4, -0.2) is 150 Å². The Kier molecular flexibility index (Phi) is 22.9. The van der Waals surface area contributed by atoms with E-state index in [2.05, 4.69) is 366 Å². The van der Waals surface area contributed by atoms with Crippen LogP contribution < -0.4 is 7.16 Å². The first-order valence-electron chi connectivity index (χ1n) is 36.3. The molecule has 4 atom stereocenters. The van der Waals surface area contributed by atoms with Crippen molar-refractivity contribution in [3.05, 3.63) is 99.8 Å². The third-order valence-electron chi connectivity index (χ3n) is 23.5. The van der Waals surface area contributed by atoms with E-state index in [9.17, 15) is 0 Å². The summed E-state index contributed by atoms with van der Waals surface area (Å²) >= 11 is -8.63. The fourth-order valence-corrected chi connectivity index (χ4v) is 205. The first-order chi connectivity index (χ1) is 39.2. The molecule has 16 heteroatoms. The zero-order valence-corrected chi connectivity index (χ0v) is 88.5. The molecule has 2 aromatic rings. The van der Waals surface area contributed by atoms with Gasteiger partial charge in [-0.25, -0.2) is 0 Å². The Morgan fingerprint density at radius 3 is 0.778 bits per heavy atom. The summed E-state index contributed by atoms with van der Waals surface area (Å²) in [5.41, 5.74) is 11.7. The molecule has 2 bridgehead atoms. The minimum atomic E-state index is -4.40. The van der Waals surface area contributed by atoms with Crippen molar-refractivity contribution >= 4 is 157 Å². The summed E-state index contributed by atoms with van der Waals surface area (Å²) in [6.45, 7) is 128. The molecule has 4 unspecified atom stereocenters. The van der Waals surface area contributed by atoms with E-state index in [0.29, 0.717) is 26.5 Å². The Labute approximate surface area is 586 Å². The standard InChI is InChI=1S/2C30H67Si7.C9H13.C5H5.2Sn/c2*1-31(2,3)28(32(4,5)6)25-22-26(29(33(7,8)9)34(10,11)12)24-27(23-25)30(35(13,14)15,36(16,17)18)37(19,20)21;1-5-6-7-8-9(2,3)4;1-3-5-4-2;;/h2*23-24,28-29H,1-21H3;1,5-7H,2-4H3;1-5H;;. The summed E-state index contributed by atoms with van der Waals surface area (Å²) in [6, 6.07) is 12.9.